The molecule has 0 saturated carbocycles. The number of nitrogens with one attached hydrogen (secondary N) is 1. The van der Waals surface area contributed by atoms with Crippen LogP contribution in [0.15, 0.2) is 6.20 Å². The number of hydrogen-bond donors (Lipinski definition) is 1. The van der Waals surface area contributed by atoms with Gasteiger partial charge >= 0.3 is 0 Å². The van der Waals surface area contributed by atoms with E-state index in [1.54, 1.807) is 11.3 Å². The molecule has 6 heteroatoms. The third kappa shape index (κ3) is 3.98. The highest BCUT2D eigenvalue weighted by molar-refractivity contribution is 7.15. The van der Waals surface area contributed by atoms with Crippen molar-refractivity contribution in [1.29, 1.82) is 0 Å². The molecule has 2 aliphatic rings. The van der Waals surface area contributed by atoms with Gasteiger partial charge in [-0.1, -0.05) is 13.8 Å². The first-order valence-electron chi connectivity index (χ1n) is 8.34. The van der Waals surface area contributed by atoms with Gasteiger partial charge in [0.2, 0.25) is 0 Å². The molecule has 2 aliphatic heterocycles. The molecule has 22 heavy (non-hydrogen) atoms. The van der Waals surface area contributed by atoms with Gasteiger partial charge in [-0.15, -0.1) is 11.3 Å². The summed E-state index contributed by atoms with van der Waals surface area (Å²) in [5.74, 6) is 1.25. The number of aromatic nitrogens is 1. The number of hydrogen-bond acceptors (Lipinski definition) is 6. The molecular weight excluding hydrogens is 298 g/mol. The maximum atomic E-state index is 5.84. The lowest BCUT2D eigenvalue weighted by Gasteiger charge is -2.26. The van der Waals surface area contributed by atoms with Gasteiger partial charge in [0.15, 0.2) is 5.13 Å². The topological polar surface area (TPSA) is 46.6 Å². The van der Waals surface area contributed by atoms with Crippen LogP contribution in [0.4, 0.5) is 5.13 Å². The molecule has 1 aromatic heterocycles. The van der Waals surface area contributed by atoms with Crippen LogP contribution >= 0.6 is 11.3 Å². The van der Waals surface area contributed by atoms with Gasteiger partial charge in [0, 0.05) is 43.9 Å². The van der Waals surface area contributed by atoms with E-state index in [2.05, 4.69) is 29.0 Å². The largest absolute Gasteiger partial charge is 0.378 e. The van der Waals surface area contributed by atoms with E-state index in [1.165, 1.54) is 11.3 Å². The van der Waals surface area contributed by atoms with Gasteiger partial charge in [0.05, 0.1) is 19.3 Å². The molecule has 0 aliphatic carbocycles. The van der Waals surface area contributed by atoms with Crippen molar-refractivity contribution < 1.29 is 9.47 Å². The van der Waals surface area contributed by atoms with E-state index in [4.69, 9.17) is 9.47 Å². The third-order valence-corrected chi connectivity index (χ3v) is 5.51. The lowest BCUT2D eigenvalue weighted by Crippen LogP contribution is -2.36. The summed E-state index contributed by atoms with van der Waals surface area (Å²) in [4.78, 5) is 8.18. The Balaban J connectivity index is 1.45. The molecule has 1 aromatic rings. The van der Waals surface area contributed by atoms with E-state index in [-0.39, 0.29) is 0 Å². The molecule has 0 bridgehead atoms. The molecule has 0 aromatic carbocycles. The van der Waals surface area contributed by atoms with Gasteiger partial charge in [0.25, 0.3) is 0 Å². The van der Waals surface area contributed by atoms with Crippen LogP contribution in [0.25, 0.3) is 0 Å². The maximum Gasteiger partial charge on any atom is 0.185 e. The van der Waals surface area contributed by atoms with Crippen LogP contribution in [0, 0.1) is 11.8 Å². The Morgan fingerprint density at radius 2 is 2.18 bits per heavy atom. The van der Waals surface area contributed by atoms with E-state index in [0.717, 1.165) is 51.1 Å². The lowest BCUT2D eigenvalue weighted by molar-refractivity contribution is 0.0539. The summed E-state index contributed by atoms with van der Waals surface area (Å²) in [7, 11) is 0. The van der Waals surface area contributed by atoms with Crippen LogP contribution < -0.4 is 10.2 Å². The molecule has 2 atom stereocenters. The Hall–Kier alpha value is -0.690. The predicted molar refractivity (Wildman–Crippen MR) is 89.5 cm³/mol. The maximum absolute atomic E-state index is 5.84. The van der Waals surface area contributed by atoms with E-state index in [1.807, 2.05) is 6.20 Å². The molecule has 0 unspecified atom stereocenters. The lowest BCUT2D eigenvalue weighted by atomic mass is 9.93. The van der Waals surface area contributed by atoms with E-state index in [9.17, 15) is 0 Å². The van der Waals surface area contributed by atoms with Crippen LogP contribution in [-0.2, 0) is 16.0 Å². The molecule has 3 heterocycles. The third-order valence-electron chi connectivity index (χ3n) is 4.45. The number of nitrogens with zero attached hydrogens (tertiary/aromatic N) is 2. The summed E-state index contributed by atoms with van der Waals surface area (Å²) in [6, 6.07) is 0. The molecular formula is C16H27N3O2S. The van der Waals surface area contributed by atoms with E-state index in [0.29, 0.717) is 17.9 Å². The Morgan fingerprint density at radius 1 is 1.36 bits per heavy atom. The molecule has 0 amide bonds. The summed E-state index contributed by atoms with van der Waals surface area (Å²) in [5, 5.41) is 4.72. The van der Waals surface area contributed by atoms with Crippen LogP contribution in [0.2, 0.25) is 0 Å². The first kappa shape index (κ1) is 16.2. The molecule has 2 saturated heterocycles. The second-order valence-corrected chi connectivity index (χ2v) is 7.56. The number of thiazole rings is 1. The molecule has 5 nitrogen and oxygen atoms in total. The van der Waals surface area contributed by atoms with Crippen molar-refractivity contribution >= 4 is 16.5 Å². The molecule has 2 fully saturated rings. The van der Waals surface area contributed by atoms with Crippen LogP contribution in [0.3, 0.4) is 0 Å². The minimum Gasteiger partial charge on any atom is -0.378 e. The smallest absolute Gasteiger partial charge is 0.185 e. The normalized spacial score (nSPS) is 26.0. The summed E-state index contributed by atoms with van der Waals surface area (Å²) in [5.41, 5.74) is 0. The standard InChI is InChI=1S/C16H27N3O2S/c1-12(2)15-13(3-6-21-15)9-17-10-14-11-18-16(22-14)19-4-7-20-8-5-19/h11-13,15,17H,3-10H2,1-2H3/t13-,15-/m1/s1. The number of ether oxygens (including phenoxy) is 2. The fourth-order valence-corrected chi connectivity index (χ4v) is 4.20. The minimum atomic E-state index is 0.415. The van der Waals surface area contributed by atoms with Gasteiger partial charge in [-0.25, -0.2) is 4.98 Å². The molecule has 124 valence electrons. The Kier molecular flexibility index (Phi) is 5.68. The Morgan fingerprint density at radius 3 is 2.95 bits per heavy atom. The quantitative estimate of drug-likeness (QED) is 0.868. The van der Waals surface area contributed by atoms with Gasteiger partial charge in [0.1, 0.15) is 0 Å². The van der Waals surface area contributed by atoms with Gasteiger partial charge in [-0.3, -0.25) is 0 Å². The summed E-state index contributed by atoms with van der Waals surface area (Å²) >= 11 is 1.79. The summed E-state index contributed by atoms with van der Waals surface area (Å²) in [6.07, 6.45) is 3.60. The Bertz CT molecular complexity index is 460. The fourth-order valence-electron chi connectivity index (χ4n) is 3.27. The summed E-state index contributed by atoms with van der Waals surface area (Å²) < 4.78 is 11.2. The average molecular weight is 325 g/mol. The van der Waals surface area contributed by atoms with Gasteiger partial charge in [-0.2, -0.15) is 0 Å². The zero-order valence-corrected chi connectivity index (χ0v) is 14.4. The molecule has 1 N–H and O–H groups in total. The van der Waals surface area contributed by atoms with Crippen LogP contribution in [-0.4, -0.2) is 50.5 Å². The highest BCUT2D eigenvalue weighted by Crippen LogP contribution is 2.27. The number of rotatable bonds is 6. The minimum absolute atomic E-state index is 0.415. The van der Waals surface area contributed by atoms with Gasteiger partial charge in [-0.05, 0) is 18.3 Å². The monoisotopic (exact) mass is 325 g/mol. The SMILES string of the molecule is CC(C)[C@H]1OCC[C@@H]1CNCc1cnc(N2CCOCC2)s1. The van der Waals surface area contributed by atoms with Crippen molar-refractivity contribution in [3.05, 3.63) is 11.1 Å². The number of morpholine rings is 1. The first-order chi connectivity index (χ1) is 10.7. The number of anilines is 1. The van der Waals surface area contributed by atoms with E-state index >= 15 is 0 Å². The molecule has 3 rings (SSSR count). The average Bonchev–Trinajstić information content (AvgIpc) is 3.17. The van der Waals surface area contributed by atoms with Gasteiger partial charge < -0.3 is 19.7 Å². The first-order valence-corrected chi connectivity index (χ1v) is 9.15. The zero-order chi connectivity index (χ0) is 15.4. The van der Waals surface area contributed by atoms with Crippen molar-refractivity contribution in [2.45, 2.75) is 32.9 Å². The predicted octanol–water partition coefficient (Wildman–Crippen LogP) is 2.13. The van der Waals surface area contributed by atoms with Crippen molar-refractivity contribution in [2.75, 3.05) is 44.4 Å². The second-order valence-electron chi connectivity index (χ2n) is 6.47. The highest BCUT2D eigenvalue weighted by atomic mass is 32.1. The van der Waals surface area contributed by atoms with Crippen molar-refractivity contribution in [2.24, 2.45) is 11.8 Å². The van der Waals surface area contributed by atoms with Crippen molar-refractivity contribution in [3.63, 3.8) is 0 Å². The second kappa shape index (κ2) is 7.73. The zero-order valence-electron chi connectivity index (χ0n) is 13.6. The molecule has 0 radical (unpaired) electrons. The van der Waals surface area contributed by atoms with E-state index < -0.39 is 0 Å². The highest BCUT2D eigenvalue weighted by Gasteiger charge is 2.30. The van der Waals surface area contributed by atoms with Crippen LogP contribution in [0.5, 0.6) is 0 Å². The van der Waals surface area contributed by atoms with Crippen LogP contribution in [0.1, 0.15) is 25.1 Å². The van der Waals surface area contributed by atoms with Crippen molar-refractivity contribution in [3.8, 4) is 0 Å². The fraction of sp³-hybridized carbons (Fsp3) is 0.812. The Labute approximate surface area is 137 Å². The molecule has 0 spiro atoms. The summed E-state index contributed by atoms with van der Waals surface area (Å²) in [6.45, 7) is 10.9. The van der Waals surface area contributed by atoms with Crippen molar-refractivity contribution in [1.82, 2.24) is 10.3 Å².